The van der Waals surface area contributed by atoms with Gasteiger partial charge in [0, 0.05) is 0 Å². The lowest BCUT2D eigenvalue weighted by atomic mass is 10.2. The third-order valence-corrected chi connectivity index (χ3v) is 2.04. The molecule has 2 nitrogen and oxygen atoms in total. The van der Waals surface area contributed by atoms with Crippen molar-refractivity contribution in [2.75, 3.05) is 0 Å². The van der Waals surface area contributed by atoms with Crippen LogP contribution in [0.15, 0.2) is 0 Å². The first kappa shape index (κ1) is 11.9. The molecule has 0 amide bonds. The van der Waals surface area contributed by atoms with Crippen molar-refractivity contribution in [2.45, 2.75) is 51.0 Å². The maximum absolute atomic E-state index is 11.3. The van der Waals surface area contributed by atoms with E-state index >= 15 is 0 Å². The quantitative estimate of drug-likeness (QED) is 0.557. The second-order valence-electron chi connectivity index (χ2n) is 3.79. The molecule has 0 aromatic heterocycles. The number of halogens is 1. The molecule has 1 unspecified atom stereocenters. The SMILES string of the molecule is CCCC(Br)C(=O)OC(C)(C)C. The Labute approximate surface area is 82.8 Å². The van der Waals surface area contributed by atoms with Crippen LogP contribution in [-0.4, -0.2) is 16.4 Å². The minimum atomic E-state index is -0.378. The zero-order chi connectivity index (χ0) is 9.78. The van der Waals surface area contributed by atoms with Crippen molar-refractivity contribution >= 4 is 21.9 Å². The summed E-state index contributed by atoms with van der Waals surface area (Å²) in [6.45, 7) is 7.66. The molecule has 0 saturated carbocycles. The first-order valence-electron chi connectivity index (χ1n) is 4.23. The van der Waals surface area contributed by atoms with Gasteiger partial charge in [-0.25, -0.2) is 0 Å². The summed E-state index contributed by atoms with van der Waals surface area (Å²) in [6, 6.07) is 0. The number of carbonyl (C=O) groups excluding carboxylic acids is 1. The van der Waals surface area contributed by atoms with Crippen LogP contribution >= 0.6 is 15.9 Å². The van der Waals surface area contributed by atoms with E-state index in [0.717, 1.165) is 12.8 Å². The summed E-state index contributed by atoms with van der Waals surface area (Å²) < 4.78 is 5.17. The average Bonchev–Trinajstić information content (AvgIpc) is 1.84. The van der Waals surface area contributed by atoms with Gasteiger partial charge >= 0.3 is 5.97 Å². The molecule has 0 heterocycles. The Hall–Kier alpha value is -0.0500. The normalized spacial score (nSPS) is 14.1. The Kier molecular flexibility index (Phi) is 4.83. The van der Waals surface area contributed by atoms with Crippen molar-refractivity contribution in [1.82, 2.24) is 0 Å². The predicted octanol–water partition coefficient (Wildman–Crippen LogP) is 2.89. The maximum atomic E-state index is 11.3. The fourth-order valence-corrected chi connectivity index (χ4v) is 1.29. The molecule has 0 rings (SSSR count). The van der Waals surface area contributed by atoms with Gasteiger partial charge in [0.1, 0.15) is 10.4 Å². The van der Waals surface area contributed by atoms with Crippen LogP contribution in [0.3, 0.4) is 0 Å². The van der Waals surface area contributed by atoms with E-state index in [1.165, 1.54) is 0 Å². The van der Waals surface area contributed by atoms with Gasteiger partial charge in [0.15, 0.2) is 0 Å². The van der Waals surface area contributed by atoms with Crippen LogP contribution in [0.1, 0.15) is 40.5 Å². The molecule has 0 fully saturated rings. The van der Waals surface area contributed by atoms with Gasteiger partial charge in [-0.15, -0.1) is 0 Å². The molecule has 0 aliphatic rings. The third kappa shape index (κ3) is 5.58. The number of hydrogen-bond acceptors (Lipinski definition) is 2. The fourth-order valence-electron chi connectivity index (χ4n) is 0.737. The average molecular weight is 237 g/mol. The summed E-state index contributed by atoms with van der Waals surface area (Å²) in [4.78, 5) is 11.1. The minimum absolute atomic E-state index is 0.151. The Balaban J connectivity index is 3.87. The van der Waals surface area contributed by atoms with Crippen molar-refractivity contribution in [1.29, 1.82) is 0 Å². The number of hydrogen-bond donors (Lipinski definition) is 0. The van der Waals surface area contributed by atoms with E-state index in [4.69, 9.17) is 4.74 Å². The number of rotatable bonds is 3. The first-order chi connectivity index (χ1) is 5.37. The summed E-state index contributed by atoms with van der Waals surface area (Å²) >= 11 is 3.28. The molecular weight excluding hydrogens is 220 g/mol. The molecule has 0 saturated heterocycles. The Morgan fingerprint density at radius 2 is 2.00 bits per heavy atom. The fraction of sp³-hybridized carbons (Fsp3) is 0.889. The van der Waals surface area contributed by atoms with E-state index in [1.54, 1.807) is 0 Å². The Morgan fingerprint density at radius 3 is 2.33 bits per heavy atom. The van der Waals surface area contributed by atoms with Crippen molar-refractivity contribution in [3.8, 4) is 0 Å². The molecule has 0 spiro atoms. The van der Waals surface area contributed by atoms with Crippen LogP contribution in [0.25, 0.3) is 0 Å². The molecule has 0 bridgehead atoms. The lowest BCUT2D eigenvalue weighted by Crippen LogP contribution is -2.28. The van der Waals surface area contributed by atoms with Crippen molar-refractivity contribution in [2.24, 2.45) is 0 Å². The van der Waals surface area contributed by atoms with E-state index in [9.17, 15) is 4.79 Å². The zero-order valence-corrected chi connectivity index (χ0v) is 9.77. The second kappa shape index (κ2) is 4.85. The van der Waals surface area contributed by atoms with Crippen LogP contribution in [-0.2, 0) is 9.53 Å². The third-order valence-electron chi connectivity index (χ3n) is 1.20. The van der Waals surface area contributed by atoms with Gasteiger partial charge in [-0.1, -0.05) is 29.3 Å². The number of esters is 1. The molecule has 1 atom stereocenters. The summed E-state index contributed by atoms with van der Waals surface area (Å²) in [5.41, 5.74) is -0.378. The van der Waals surface area contributed by atoms with Gasteiger partial charge in [0.05, 0.1) is 0 Å². The lowest BCUT2D eigenvalue weighted by Gasteiger charge is -2.21. The van der Waals surface area contributed by atoms with Gasteiger partial charge in [0.25, 0.3) is 0 Å². The molecule has 0 radical (unpaired) electrons. The second-order valence-corrected chi connectivity index (χ2v) is 4.89. The zero-order valence-electron chi connectivity index (χ0n) is 8.19. The highest BCUT2D eigenvalue weighted by atomic mass is 79.9. The van der Waals surface area contributed by atoms with Crippen molar-refractivity contribution in [3.05, 3.63) is 0 Å². The molecule has 0 aromatic carbocycles. The number of carbonyl (C=O) groups is 1. The van der Waals surface area contributed by atoms with Gasteiger partial charge in [-0.05, 0) is 27.2 Å². The van der Waals surface area contributed by atoms with Gasteiger partial charge in [-0.3, -0.25) is 4.79 Å². The van der Waals surface area contributed by atoms with Crippen LogP contribution < -0.4 is 0 Å². The van der Waals surface area contributed by atoms with Crippen LogP contribution in [0.5, 0.6) is 0 Å². The summed E-state index contributed by atoms with van der Waals surface area (Å²) in [5, 5.41) is 0. The summed E-state index contributed by atoms with van der Waals surface area (Å²) in [6.07, 6.45) is 1.81. The highest BCUT2D eigenvalue weighted by Crippen LogP contribution is 2.15. The van der Waals surface area contributed by atoms with Crippen molar-refractivity contribution in [3.63, 3.8) is 0 Å². The van der Waals surface area contributed by atoms with E-state index < -0.39 is 0 Å². The van der Waals surface area contributed by atoms with E-state index in [-0.39, 0.29) is 16.4 Å². The standard InChI is InChI=1S/C9H17BrO2/c1-5-6-7(10)8(11)12-9(2,3)4/h7H,5-6H2,1-4H3. The smallest absolute Gasteiger partial charge is 0.320 e. The van der Waals surface area contributed by atoms with Gasteiger partial charge in [0.2, 0.25) is 0 Å². The lowest BCUT2D eigenvalue weighted by molar-refractivity contribution is -0.154. The molecule has 0 aliphatic heterocycles. The van der Waals surface area contributed by atoms with E-state index in [0.29, 0.717) is 0 Å². The van der Waals surface area contributed by atoms with Gasteiger partial charge in [-0.2, -0.15) is 0 Å². The monoisotopic (exact) mass is 236 g/mol. The molecule has 0 N–H and O–H groups in total. The Bertz CT molecular complexity index is 149. The topological polar surface area (TPSA) is 26.3 Å². The molecule has 12 heavy (non-hydrogen) atoms. The molecule has 3 heteroatoms. The highest BCUT2D eigenvalue weighted by Gasteiger charge is 2.21. The van der Waals surface area contributed by atoms with Gasteiger partial charge < -0.3 is 4.74 Å². The molecule has 0 aromatic rings. The van der Waals surface area contributed by atoms with Crippen LogP contribution in [0.4, 0.5) is 0 Å². The number of ether oxygens (including phenoxy) is 1. The van der Waals surface area contributed by atoms with Crippen LogP contribution in [0, 0.1) is 0 Å². The first-order valence-corrected chi connectivity index (χ1v) is 5.15. The minimum Gasteiger partial charge on any atom is -0.459 e. The molecule has 72 valence electrons. The number of alkyl halides is 1. The summed E-state index contributed by atoms with van der Waals surface area (Å²) in [5.74, 6) is -0.163. The molecule has 0 aliphatic carbocycles. The van der Waals surface area contributed by atoms with Crippen molar-refractivity contribution < 1.29 is 9.53 Å². The largest absolute Gasteiger partial charge is 0.459 e. The van der Waals surface area contributed by atoms with E-state index in [2.05, 4.69) is 15.9 Å². The molecular formula is C9H17BrO2. The van der Waals surface area contributed by atoms with Crippen LogP contribution in [0.2, 0.25) is 0 Å². The summed E-state index contributed by atoms with van der Waals surface area (Å²) in [7, 11) is 0. The maximum Gasteiger partial charge on any atom is 0.320 e. The Morgan fingerprint density at radius 1 is 1.50 bits per heavy atom. The van der Waals surface area contributed by atoms with E-state index in [1.807, 2.05) is 27.7 Å². The predicted molar refractivity (Wildman–Crippen MR) is 53.5 cm³/mol. The highest BCUT2D eigenvalue weighted by molar-refractivity contribution is 9.10.